The lowest BCUT2D eigenvalue weighted by Crippen LogP contribution is -2.46. The Kier molecular flexibility index (Phi) is 6.12. The van der Waals surface area contributed by atoms with E-state index < -0.39 is 29.7 Å². The first kappa shape index (κ1) is 22.4. The molecule has 0 bridgehead atoms. The zero-order valence-corrected chi connectivity index (χ0v) is 18.1. The lowest BCUT2D eigenvalue weighted by Gasteiger charge is -2.26. The second-order valence-corrected chi connectivity index (χ2v) is 8.29. The van der Waals surface area contributed by atoms with Crippen molar-refractivity contribution in [2.24, 2.45) is 5.92 Å². The van der Waals surface area contributed by atoms with Gasteiger partial charge in [-0.1, -0.05) is 13.8 Å². The summed E-state index contributed by atoms with van der Waals surface area (Å²) in [6, 6.07) is 3.02. The first-order chi connectivity index (χ1) is 15.7. The van der Waals surface area contributed by atoms with Gasteiger partial charge in [-0.3, -0.25) is 0 Å². The smallest absolute Gasteiger partial charge is 0.326 e. The number of urea groups is 1. The quantitative estimate of drug-likeness (QED) is 0.521. The van der Waals surface area contributed by atoms with Crippen molar-refractivity contribution in [3.8, 4) is 0 Å². The SMILES string of the molecule is CC(C)[C@H](NC(=O)Nc1cnn2ccc(N3CCC[C@@H]3c3cc(F)ccc3F)nc12)C(=O)O. The van der Waals surface area contributed by atoms with E-state index in [1.165, 1.54) is 16.8 Å². The molecule has 174 valence electrons. The third kappa shape index (κ3) is 4.57. The number of carboxylic acid groups (broad SMARTS) is 1. The van der Waals surface area contributed by atoms with E-state index in [1.807, 2.05) is 4.90 Å². The Morgan fingerprint density at radius 2 is 2.03 bits per heavy atom. The Morgan fingerprint density at radius 3 is 2.76 bits per heavy atom. The number of fused-ring (bicyclic) bond motifs is 1. The Morgan fingerprint density at radius 1 is 1.24 bits per heavy atom. The van der Waals surface area contributed by atoms with Crippen molar-refractivity contribution in [2.45, 2.75) is 38.8 Å². The van der Waals surface area contributed by atoms with Crippen LogP contribution in [0.15, 0.2) is 36.7 Å². The maximum Gasteiger partial charge on any atom is 0.326 e. The first-order valence-corrected chi connectivity index (χ1v) is 10.6. The van der Waals surface area contributed by atoms with Crippen LogP contribution in [0, 0.1) is 17.6 Å². The maximum atomic E-state index is 14.4. The zero-order valence-electron chi connectivity index (χ0n) is 18.1. The fourth-order valence-electron chi connectivity index (χ4n) is 4.05. The minimum absolute atomic E-state index is 0.272. The molecule has 1 fully saturated rings. The summed E-state index contributed by atoms with van der Waals surface area (Å²) in [6.45, 7) is 3.99. The summed E-state index contributed by atoms with van der Waals surface area (Å²) < 4.78 is 29.6. The van der Waals surface area contributed by atoms with Gasteiger partial charge in [0.05, 0.1) is 12.2 Å². The summed E-state index contributed by atoms with van der Waals surface area (Å²) in [7, 11) is 0. The summed E-state index contributed by atoms with van der Waals surface area (Å²) in [5.41, 5.74) is 0.896. The highest BCUT2D eigenvalue weighted by Gasteiger charge is 2.30. The van der Waals surface area contributed by atoms with Crippen LogP contribution in [0.4, 0.5) is 25.1 Å². The molecule has 33 heavy (non-hydrogen) atoms. The van der Waals surface area contributed by atoms with E-state index >= 15 is 0 Å². The predicted molar refractivity (Wildman–Crippen MR) is 117 cm³/mol. The van der Waals surface area contributed by atoms with E-state index in [4.69, 9.17) is 0 Å². The van der Waals surface area contributed by atoms with E-state index in [1.54, 1.807) is 26.1 Å². The Balaban J connectivity index is 1.59. The van der Waals surface area contributed by atoms with Crippen LogP contribution in [0.5, 0.6) is 0 Å². The fraction of sp³-hybridized carbons (Fsp3) is 0.364. The monoisotopic (exact) mass is 458 g/mol. The van der Waals surface area contributed by atoms with Crippen molar-refractivity contribution >= 4 is 29.2 Å². The number of amides is 2. The molecular weight excluding hydrogens is 434 g/mol. The molecule has 2 aromatic heterocycles. The number of halogens is 2. The largest absolute Gasteiger partial charge is 0.480 e. The van der Waals surface area contributed by atoms with Crippen molar-refractivity contribution in [3.05, 3.63) is 53.9 Å². The minimum atomic E-state index is -1.13. The molecule has 3 N–H and O–H groups in total. The molecule has 2 atom stereocenters. The molecule has 0 spiro atoms. The molecule has 9 nitrogen and oxygen atoms in total. The van der Waals surface area contributed by atoms with Gasteiger partial charge in [0.2, 0.25) is 0 Å². The molecule has 3 aromatic rings. The Hall–Kier alpha value is -3.76. The highest BCUT2D eigenvalue weighted by atomic mass is 19.1. The molecule has 11 heteroatoms. The number of aliphatic carboxylic acids is 1. The van der Waals surface area contributed by atoms with Crippen LogP contribution >= 0.6 is 0 Å². The second kappa shape index (κ2) is 9.00. The van der Waals surface area contributed by atoms with E-state index in [2.05, 4.69) is 20.7 Å². The van der Waals surface area contributed by atoms with Crippen molar-refractivity contribution in [2.75, 3.05) is 16.8 Å². The molecule has 0 radical (unpaired) electrons. The Labute approximate surface area is 188 Å². The molecule has 0 unspecified atom stereocenters. The third-order valence-corrected chi connectivity index (χ3v) is 5.69. The number of rotatable bonds is 6. The summed E-state index contributed by atoms with van der Waals surface area (Å²) in [4.78, 5) is 30.2. The highest BCUT2D eigenvalue weighted by molar-refractivity contribution is 5.95. The molecular formula is C22H24F2N6O3. The third-order valence-electron chi connectivity index (χ3n) is 5.69. The standard InChI is InChI=1S/C22H24F2N6O3/c1-12(2)19(21(31)32)28-22(33)26-16-11-25-30-9-7-18(27-20(16)30)29-8-3-4-17(29)14-10-13(23)5-6-15(14)24/h5-7,9-12,17,19H,3-4,8H2,1-2H3,(H,31,32)(H2,26,28,33)/t17-,19+/m1/s1. The van der Waals surface area contributed by atoms with Crippen LogP contribution in [0.2, 0.25) is 0 Å². The molecule has 1 aliphatic heterocycles. The Bertz CT molecular complexity index is 1200. The van der Waals surface area contributed by atoms with E-state index in [0.29, 0.717) is 24.4 Å². The lowest BCUT2D eigenvalue weighted by atomic mass is 10.0. The van der Waals surface area contributed by atoms with Crippen molar-refractivity contribution < 1.29 is 23.5 Å². The number of carbonyl (C=O) groups excluding carboxylic acids is 1. The van der Waals surface area contributed by atoms with E-state index in [9.17, 15) is 23.5 Å². The van der Waals surface area contributed by atoms with Gasteiger partial charge in [-0.25, -0.2) is 27.9 Å². The van der Waals surface area contributed by atoms with Crippen LogP contribution in [0.3, 0.4) is 0 Å². The zero-order chi connectivity index (χ0) is 23.7. The van der Waals surface area contributed by atoms with Crippen LogP contribution in [-0.4, -0.2) is 44.3 Å². The van der Waals surface area contributed by atoms with Gasteiger partial charge in [0.25, 0.3) is 0 Å². The van der Waals surface area contributed by atoms with Gasteiger partial charge < -0.3 is 20.6 Å². The summed E-state index contributed by atoms with van der Waals surface area (Å²) in [5, 5.41) is 18.5. The van der Waals surface area contributed by atoms with Gasteiger partial charge in [0.1, 0.15) is 29.2 Å². The van der Waals surface area contributed by atoms with Gasteiger partial charge in [-0.05, 0) is 43.0 Å². The molecule has 1 aliphatic rings. The number of aromatic nitrogens is 3. The van der Waals surface area contributed by atoms with E-state index in [0.717, 1.165) is 18.6 Å². The molecule has 1 aromatic carbocycles. The van der Waals surface area contributed by atoms with Crippen LogP contribution < -0.4 is 15.5 Å². The summed E-state index contributed by atoms with van der Waals surface area (Å²) in [5.74, 6) is -1.89. The molecule has 0 aliphatic carbocycles. The number of carboxylic acids is 1. The number of carbonyl (C=O) groups is 2. The second-order valence-electron chi connectivity index (χ2n) is 8.29. The van der Waals surface area contributed by atoms with Gasteiger partial charge in [0, 0.05) is 18.3 Å². The van der Waals surface area contributed by atoms with Gasteiger partial charge in [0.15, 0.2) is 5.65 Å². The summed E-state index contributed by atoms with van der Waals surface area (Å²) in [6.07, 6.45) is 4.49. The number of benzene rings is 1. The number of hydrogen-bond acceptors (Lipinski definition) is 5. The lowest BCUT2D eigenvalue weighted by molar-refractivity contribution is -0.140. The average molecular weight is 458 g/mol. The van der Waals surface area contributed by atoms with Crippen LogP contribution in [0.25, 0.3) is 5.65 Å². The fourth-order valence-corrected chi connectivity index (χ4v) is 4.05. The predicted octanol–water partition coefficient (Wildman–Crippen LogP) is 3.58. The number of anilines is 2. The van der Waals surface area contributed by atoms with Crippen molar-refractivity contribution in [1.29, 1.82) is 0 Å². The van der Waals surface area contributed by atoms with Gasteiger partial charge >= 0.3 is 12.0 Å². The van der Waals surface area contributed by atoms with Crippen molar-refractivity contribution in [1.82, 2.24) is 19.9 Å². The molecule has 1 saturated heterocycles. The number of nitrogens with one attached hydrogen (secondary N) is 2. The highest BCUT2D eigenvalue weighted by Crippen LogP contribution is 2.37. The number of nitrogens with zero attached hydrogens (tertiary/aromatic N) is 4. The van der Waals surface area contributed by atoms with Crippen LogP contribution in [-0.2, 0) is 4.79 Å². The molecule has 2 amide bonds. The van der Waals surface area contributed by atoms with Gasteiger partial charge in [-0.15, -0.1) is 0 Å². The maximum absolute atomic E-state index is 14.4. The normalized spacial score (nSPS) is 16.9. The topological polar surface area (TPSA) is 112 Å². The van der Waals surface area contributed by atoms with Crippen molar-refractivity contribution in [3.63, 3.8) is 0 Å². The molecule has 3 heterocycles. The van der Waals surface area contributed by atoms with Gasteiger partial charge in [-0.2, -0.15) is 5.10 Å². The number of hydrogen-bond donors (Lipinski definition) is 3. The molecule has 0 saturated carbocycles. The first-order valence-electron chi connectivity index (χ1n) is 10.6. The van der Waals surface area contributed by atoms with Crippen LogP contribution in [0.1, 0.15) is 38.3 Å². The molecule has 4 rings (SSSR count). The average Bonchev–Trinajstić information content (AvgIpc) is 3.40. The minimum Gasteiger partial charge on any atom is -0.480 e. The summed E-state index contributed by atoms with van der Waals surface area (Å²) >= 11 is 0. The van der Waals surface area contributed by atoms with E-state index in [-0.39, 0.29) is 23.2 Å².